The lowest BCUT2D eigenvalue weighted by Gasteiger charge is -2.31. The van der Waals surface area contributed by atoms with Crippen molar-refractivity contribution in [1.29, 1.82) is 0 Å². The Morgan fingerprint density at radius 1 is 1.21 bits per heavy atom. The number of alkyl halides is 3. The normalized spacial score (nSPS) is 20.3. The molecule has 0 saturated carbocycles. The van der Waals surface area contributed by atoms with Crippen molar-refractivity contribution in [2.75, 3.05) is 19.7 Å². The maximum absolute atomic E-state index is 13.4. The van der Waals surface area contributed by atoms with Crippen molar-refractivity contribution in [3.8, 4) is 0 Å². The summed E-state index contributed by atoms with van der Waals surface area (Å²) in [5, 5.41) is 0. The molecule has 33 heavy (non-hydrogen) atoms. The molecule has 5 nitrogen and oxygen atoms in total. The summed E-state index contributed by atoms with van der Waals surface area (Å²) in [6, 6.07) is 3.41. The van der Waals surface area contributed by atoms with Crippen molar-refractivity contribution in [1.82, 2.24) is 9.47 Å². The van der Waals surface area contributed by atoms with Gasteiger partial charge in [0.15, 0.2) is 4.80 Å². The average molecular weight is 482 g/mol. The zero-order valence-electron chi connectivity index (χ0n) is 19.2. The topological polar surface area (TPSA) is 46.8 Å². The molecule has 4 rings (SSSR count). The van der Waals surface area contributed by atoms with Crippen molar-refractivity contribution in [2.24, 2.45) is 4.99 Å². The second-order valence-electron chi connectivity index (χ2n) is 9.83. The Kier molecular flexibility index (Phi) is 6.85. The number of nitrogens with zero attached hydrogens (tertiary/aromatic N) is 3. The van der Waals surface area contributed by atoms with Gasteiger partial charge in [0.05, 0.1) is 18.2 Å². The molecule has 2 aliphatic heterocycles. The quantitative estimate of drug-likeness (QED) is 0.604. The van der Waals surface area contributed by atoms with E-state index in [1.54, 1.807) is 0 Å². The van der Waals surface area contributed by atoms with Crippen LogP contribution in [0, 0.1) is 0 Å². The number of ether oxygens (including phenoxy) is 1. The molecule has 2 saturated heterocycles. The van der Waals surface area contributed by atoms with E-state index in [1.165, 1.54) is 17.4 Å². The first-order valence-corrected chi connectivity index (χ1v) is 12.2. The largest absolute Gasteiger partial charge is 0.416 e. The molecule has 0 spiro atoms. The number of carbonyl (C=O) groups is 1. The third-order valence-electron chi connectivity index (χ3n) is 6.09. The molecule has 1 aromatic heterocycles. The smallest absolute Gasteiger partial charge is 0.376 e. The molecule has 0 aliphatic carbocycles. The van der Waals surface area contributed by atoms with Crippen LogP contribution in [-0.2, 0) is 29.4 Å². The van der Waals surface area contributed by atoms with Crippen LogP contribution >= 0.6 is 11.3 Å². The summed E-state index contributed by atoms with van der Waals surface area (Å²) in [7, 11) is 0. The Morgan fingerprint density at radius 3 is 2.55 bits per heavy atom. The van der Waals surface area contributed by atoms with Gasteiger partial charge in [-0.15, -0.1) is 11.3 Å². The zero-order valence-corrected chi connectivity index (χ0v) is 20.1. The van der Waals surface area contributed by atoms with Crippen LogP contribution in [0.2, 0.25) is 0 Å². The second kappa shape index (κ2) is 9.35. The lowest BCUT2D eigenvalue weighted by atomic mass is 9.95. The summed E-state index contributed by atoms with van der Waals surface area (Å²) >= 11 is 1.41. The minimum absolute atomic E-state index is 0.0195. The molecule has 2 fully saturated rings. The van der Waals surface area contributed by atoms with Crippen LogP contribution in [0.5, 0.6) is 0 Å². The van der Waals surface area contributed by atoms with E-state index in [9.17, 15) is 18.0 Å². The van der Waals surface area contributed by atoms with Crippen molar-refractivity contribution in [3.05, 3.63) is 50.8 Å². The van der Waals surface area contributed by atoms with Crippen molar-refractivity contribution in [3.63, 3.8) is 0 Å². The van der Waals surface area contributed by atoms with E-state index in [0.29, 0.717) is 23.5 Å². The maximum atomic E-state index is 13.4. The first-order valence-electron chi connectivity index (χ1n) is 11.3. The molecule has 2 aliphatic rings. The Balaban J connectivity index is 1.73. The summed E-state index contributed by atoms with van der Waals surface area (Å²) in [6.07, 6.45) is 0.517. The van der Waals surface area contributed by atoms with Gasteiger partial charge < -0.3 is 9.30 Å². The van der Waals surface area contributed by atoms with Gasteiger partial charge >= 0.3 is 6.18 Å². The van der Waals surface area contributed by atoms with Crippen LogP contribution in [-0.4, -0.2) is 41.2 Å². The number of hydrogen-bond donors (Lipinski definition) is 0. The number of hydrogen-bond acceptors (Lipinski definition) is 4. The van der Waals surface area contributed by atoms with E-state index in [-0.39, 0.29) is 17.1 Å². The molecule has 180 valence electrons. The van der Waals surface area contributed by atoms with Crippen LogP contribution in [0.1, 0.15) is 66.4 Å². The standard InChI is InChI=1S/C24H30F3N3O2S/c1-23(2,3)20-15-30(14-18-6-4-11-32-18)22(33-20)28-21(31)19-12-17(24(25,26)27)8-7-16(19)13-29-9-5-10-29/h7-8,12,15,18H,4-6,9-11,13-14H2,1-3H3/b28-22-/t18-/m1/s1. The molecule has 0 N–H and O–H groups in total. The van der Waals surface area contributed by atoms with Gasteiger partial charge in [-0.3, -0.25) is 9.69 Å². The van der Waals surface area contributed by atoms with E-state index in [2.05, 4.69) is 30.7 Å². The highest BCUT2D eigenvalue weighted by molar-refractivity contribution is 7.09. The van der Waals surface area contributed by atoms with E-state index in [1.807, 2.05) is 10.8 Å². The van der Waals surface area contributed by atoms with Crippen LogP contribution in [0.15, 0.2) is 29.4 Å². The number of likely N-dealkylation sites (tertiary alicyclic amines) is 1. The molecule has 2 aromatic rings. The Morgan fingerprint density at radius 2 is 1.97 bits per heavy atom. The molecule has 1 aromatic carbocycles. The fourth-order valence-electron chi connectivity index (χ4n) is 3.97. The van der Waals surface area contributed by atoms with Gasteiger partial charge in [-0.2, -0.15) is 18.2 Å². The lowest BCUT2D eigenvalue weighted by molar-refractivity contribution is -0.137. The fourth-order valence-corrected chi connectivity index (χ4v) is 5.03. The summed E-state index contributed by atoms with van der Waals surface area (Å²) in [6.45, 7) is 9.75. The lowest BCUT2D eigenvalue weighted by Crippen LogP contribution is -2.36. The highest BCUT2D eigenvalue weighted by Crippen LogP contribution is 2.31. The van der Waals surface area contributed by atoms with Gasteiger partial charge in [0.25, 0.3) is 5.91 Å². The third kappa shape index (κ3) is 5.75. The summed E-state index contributed by atoms with van der Waals surface area (Å²) in [5.74, 6) is -0.639. The molecule has 1 amide bonds. The number of rotatable bonds is 5. The van der Waals surface area contributed by atoms with Crippen LogP contribution in [0.3, 0.4) is 0 Å². The Labute approximate surface area is 195 Å². The van der Waals surface area contributed by atoms with E-state index < -0.39 is 17.6 Å². The predicted molar refractivity (Wildman–Crippen MR) is 121 cm³/mol. The van der Waals surface area contributed by atoms with Crippen molar-refractivity contribution >= 4 is 17.2 Å². The molecule has 0 radical (unpaired) electrons. The van der Waals surface area contributed by atoms with Gasteiger partial charge in [0, 0.05) is 29.8 Å². The summed E-state index contributed by atoms with van der Waals surface area (Å²) < 4.78 is 47.8. The fraction of sp³-hybridized carbons (Fsp3) is 0.583. The molecule has 0 unspecified atom stereocenters. The predicted octanol–water partition coefficient (Wildman–Crippen LogP) is 4.99. The number of carbonyl (C=O) groups excluding carboxylic acids is 1. The monoisotopic (exact) mass is 481 g/mol. The third-order valence-corrected chi connectivity index (χ3v) is 7.54. The van der Waals surface area contributed by atoms with Gasteiger partial charge in [-0.25, -0.2) is 0 Å². The van der Waals surface area contributed by atoms with Gasteiger partial charge in [0.2, 0.25) is 0 Å². The van der Waals surface area contributed by atoms with Gasteiger partial charge in [0.1, 0.15) is 0 Å². The molecular weight excluding hydrogens is 451 g/mol. The molecular formula is C24H30F3N3O2S. The molecule has 0 bridgehead atoms. The minimum Gasteiger partial charge on any atom is -0.376 e. The average Bonchev–Trinajstić information content (AvgIpc) is 3.34. The van der Waals surface area contributed by atoms with E-state index >= 15 is 0 Å². The number of amides is 1. The number of aromatic nitrogens is 1. The van der Waals surface area contributed by atoms with Crippen LogP contribution < -0.4 is 4.80 Å². The minimum atomic E-state index is -4.52. The molecule has 9 heteroatoms. The Hall–Kier alpha value is -1.97. The maximum Gasteiger partial charge on any atom is 0.416 e. The number of thiazole rings is 1. The molecule has 3 heterocycles. The van der Waals surface area contributed by atoms with Gasteiger partial charge in [-0.05, 0) is 55.5 Å². The van der Waals surface area contributed by atoms with E-state index in [4.69, 9.17) is 4.74 Å². The van der Waals surface area contributed by atoms with Gasteiger partial charge in [-0.1, -0.05) is 26.8 Å². The number of benzene rings is 1. The van der Waals surface area contributed by atoms with Crippen molar-refractivity contribution < 1.29 is 22.7 Å². The first kappa shape index (κ1) is 24.2. The highest BCUT2D eigenvalue weighted by Gasteiger charge is 2.32. The number of halogens is 3. The summed E-state index contributed by atoms with van der Waals surface area (Å²) in [4.78, 5) is 21.3. The second-order valence-corrected chi connectivity index (χ2v) is 10.8. The highest BCUT2D eigenvalue weighted by atomic mass is 32.1. The summed E-state index contributed by atoms with van der Waals surface area (Å²) in [5.41, 5.74) is -0.374. The SMILES string of the molecule is CC(C)(C)c1cn(C[C@H]2CCCO2)/c(=N/C(=O)c2cc(C(F)(F)F)ccc2CN2CCC2)s1. The van der Waals surface area contributed by atoms with Crippen LogP contribution in [0.4, 0.5) is 13.2 Å². The molecule has 1 atom stereocenters. The van der Waals surface area contributed by atoms with Crippen molar-refractivity contribution in [2.45, 2.75) is 70.8 Å². The first-order chi connectivity index (χ1) is 15.5. The Bertz CT molecular complexity index is 1070. The zero-order chi connectivity index (χ0) is 23.8. The van der Waals surface area contributed by atoms with E-state index in [0.717, 1.165) is 56.0 Å². The van der Waals surface area contributed by atoms with Crippen LogP contribution in [0.25, 0.3) is 0 Å².